The number of rotatable bonds is 8. The van der Waals surface area contributed by atoms with E-state index in [2.05, 4.69) is 18.9 Å². The van der Waals surface area contributed by atoms with E-state index in [0.29, 0.717) is 6.04 Å². The lowest BCUT2D eigenvalue weighted by atomic mass is 10.0. The predicted molar refractivity (Wildman–Crippen MR) is 56.3 cm³/mol. The number of hydrazine groups is 1. The van der Waals surface area contributed by atoms with Crippen LogP contribution in [0.4, 0.5) is 0 Å². The molecule has 0 aromatic rings. The van der Waals surface area contributed by atoms with Crippen LogP contribution in [0.1, 0.15) is 32.6 Å². The second-order valence-corrected chi connectivity index (χ2v) is 3.31. The fourth-order valence-electron chi connectivity index (χ4n) is 1.21. The van der Waals surface area contributed by atoms with Gasteiger partial charge >= 0.3 is 0 Å². The van der Waals surface area contributed by atoms with Crippen LogP contribution in [-0.4, -0.2) is 19.8 Å². The lowest BCUT2D eigenvalue weighted by Gasteiger charge is -2.16. The number of hydrogen-bond acceptors (Lipinski definition) is 3. The summed E-state index contributed by atoms with van der Waals surface area (Å²) in [7, 11) is 1.72. The zero-order chi connectivity index (χ0) is 10.1. The van der Waals surface area contributed by atoms with Gasteiger partial charge in [0.25, 0.3) is 0 Å². The molecule has 0 rings (SSSR count). The van der Waals surface area contributed by atoms with E-state index < -0.39 is 0 Å². The third-order valence-electron chi connectivity index (χ3n) is 2.17. The number of nitrogens with one attached hydrogen (secondary N) is 1. The fourth-order valence-corrected chi connectivity index (χ4v) is 1.21. The standard InChI is InChI=1S/C10H22N2O/c1-4-9(2)8-10(12-11)6-5-7-13-3/h10,12H,2,4-8,11H2,1,3H3. The first kappa shape index (κ1) is 12.6. The van der Waals surface area contributed by atoms with E-state index >= 15 is 0 Å². The van der Waals surface area contributed by atoms with Crippen molar-refractivity contribution in [2.24, 2.45) is 5.84 Å². The summed E-state index contributed by atoms with van der Waals surface area (Å²) < 4.78 is 4.98. The average molecular weight is 186 g/mol. The molecule has 0 fully saturated rings. The van der Waals surface area contributed by atoms with Gasteiger partial charge in [-0.1, -0.05) is 19.1 Å². The first-order chi connectivity index (χ1) is 6.24. The minimum atomic E-state index is 0.350. The summed E-state index contributed by atoms with van der Waals surface area (Å²) in [6.45, 7) is 6.88. The van der Waals surface area contributed by atoms with Gasteiger partial charge in [0.2, 0.25) is 0 Å². The Morgan fingerprint density at radius 2 is 2.31 bits per heavy atom. The number of nitrogens with two attached hydrogens (primary N) is 1. The molecule has 1 atom stereocenters. The smallest absolute Gasteiger partial charge is 0.0462 e. The maximum absolute atomic E-state index is 5.43. The van der Waals surface area contributed by atoms with Gasteiger partial charge in [-0.2, -0.15) is 0 Å². The minimum absolute atomic E-state index is 0.350. The SMILES string of the molecule is C=C(CC)CC(CCCOC)NN. The van der Waals surface area contributed by atoms with Gasteiger partial charge in [-0.3, -0.25) is 11.3 Å². The van der Waals surface area contributed by atoms with E-state index in [-0.39, 0.29) is 0 Å². The van der Waals surface area contributed by atoms with Crippen molar-refractivity contribution in [3.05, 3.63) is 12.2 Å². The first-order valence-corrected chi connectivity index (χ1v) is 4.86. The molecule has 0 aliphatic carbocycles. The molecule has 0 bridgehead atoms. The molecule has 13 heavy (non-hydrogen) atoms. The molecular formula is C10H22N2O. The van der Waals surface area contributed by atoms with Crippen LogP contribution in [0.15, 0.2) is 12.2 Å². The Labute approximate surface area is 81.3 Å². The van der Waals surface area contributed by atoms with Gasteiger partial charge in [-0.05, 0) is 25.7 Å². The van der Waals surface area contributed by atoms with Gasteiger partial charge in [0.1, 0.15) is 0 Å². The van der Waals surface area contributed by atoms with Gasteiger partial charge in [0.15, 0.2) is 0 Å². The molecule has 0 aliphatic heterocycles. The molecule has 78 valence electrons. The number of ether oxygens (including phenoxy) is 1. The molecular weight excluding hydrogens is 164 g/mol. The molecule has 3 N–H and O–H groups in total. The van der Waals surface area contributed by atoms with E-state index in [1.54, 1.807) is 7.11 Å². The zero-order valence-electron chi connectivity index (χ0n) is 8.81. The Hall–Kier alpha value is -0.380. The van der Waals surface area contributed by atoms with Crippen LogP contribution in [-0.2, 0) is 4.74 Å². The van der Waals surface area contributed by atoms with Gasteiger partial charge in [0, 0.05) is 19.8 Å². The van der Waals surface area contributed by atoms with Gasteiger partial charge < -0.3 is 4.74 Å². The van der Waals surface area contributed by atoms with Crippen LogP contribution in [0.5, 0.6) is 0 Å². The van der Waals surface area contributed by atoms with Crippen molar-refractivity contribution in [3.63, 3.8) is 0 Å². The van der Waals surface area contributed by atoms with Gasteiger partial charge in [-0.15, -0.1) is 0 Å². The highest BCUT2D eigenvalue weighted by Gasteiger charge is 2.06. The Morgan fingerprint density at radius 1 is 1.62 bits per heavy atom. The average Bonchev–Trinajstić information content (AvgIpc) is 2.16. The van der Waals surface area contributed by atoms with Crippen LogP contribution in [0.3, 0.4) is 0 Å². The largest absolute Gasteiger partial charge is 0.385 e. The molecule has 0 aromatic heterocycles. The molecule has 0 aromatic carbocycles. The van der Waals surface area contributed by atoms with E-state index in [1.807, 2.05) is 0 Å². The molecule has 3 heteroatoms. The van der Waals surface area contributed by atoms with Crippen LogP contribution in [0.2, 0.25) is 0 Å². The molecule has 1 unspecified atom stereocenters. The van der Waals surface area contributed by atoms with E-state index in [9.17, 15) is 0 Å². The lowest BCUT2D eigenvalue weighted by Crippen LogP contribution is -2.35. The maximum Gasteiger partial charge on any atom is 0.0462 e. The van der Waals surface area contributed by atoms with Crippen molar-refractivity contribution < 1.29 is 4.74 Å². The van der Waals surface area contributed by atoms with Crippen molar-refractivity contribution in [1.82, 2.24) is 5.43 Å². The summed E-state index contributed by atoms with van der Waals surface area (Å²) in [6, 6.07) is 0.350. The summed E-state index contributed by atoms with van der Waals surface area (Å²) in [6.07, 6.45) is 4.09. The van der Waals surface area contributed by atoms with Crippen molar-refractivity contribution in [1.29, 1.82) is 0 Å². The molecule has 3 nitrogen and oxygen atoms in total. The summed E-state index contributed by atoms with van der Waals surface area (Å²) in [5.41, 5.74) is 4.06. The van der Waals surface area contributed by atoms with Crippen molar-refractivity contribution in [2.45, 2.75) is 38.6 Å². The Kier molecular flexibility index (Phi) is 7.99. The van der Waals surface area contributed by atoms with Gasteiger partial charge in [0.05, 0.1) is 0 Å². The Morgan fingerprint density at radius 3 is 2.77 bits per heavy atom. The fraction of sp³-hybridized carbons (Fsp3) is 0.800. The second-order valence-electron chi connectivity index (χ2n) is 3.31. The molecule has 0 spiro atoms. The number of hydrogen-bond donors (Lipinski definition) is 2. The van der Waals surface area contributed by atoms with Crippen LogP contribution in [0.25, 0.3) is 0 Å². The van der Waals surface area contributed by atoms with Crippen LogP contribution in [0, 0.1) is 0 Å². The maximum atomic E-state index is 5.43. The Bertz CT molecular complexity index is 137. The quantitative estimate of drug-likeness (QED) is 0.262. The predicted octanol–water partition coefficient (Wildman–Crippen LogP) is 1.60. The summed E-state index contributed by atoms with van der Waals surface area (Å²) in [5, 5.41) is 0. The molecule has 0 saturated carbocycles. The molecule has 0 radical (unpaired) electrons. The Balaban J connectivity index is 3.56. The zero-order valence-corrected chi connectivity index (χ0v) is 8.81. The third kappa shape index (κ3) is 6.75. The monoisotopic (exact) mass is 186 g/mol. The van der Waals surface area contributed by atoms with Crippen molar-refractivity contribution in [3.8, 4) is 0 Å². The summed E-state index contributed by atoms with van der Waals surface area (Å²) >= 11 is 0. The number of methoxy groups -OCH3 is 1. The first-order valence-electron chi connectivity index (χ1n) is 4.86. The van der Waals surface area contributed by atoms with Crippen LogP contribution < -0.4 is 11.3 Å². The molecule has 0 amide bonds. The van der Waals surface area contributed by atoms with E-state index in [0.717, 1.165) is 32.3 Å². The van der Waals surface area contributed by atoms with Crippen molar-refractivity contribution in [2.75, 3.05) is 13.7 Å². The topological polar surface area (TPSA) is 47.3 Å². The highest BCUT2D eigenvalue weighted by molar-refractivity contribution is 4.95. The summed E-state index contributed by atoms with van der Waals surface area (Å²) in [4.78, 5) is 0. The normalized spacial score (nSPS) is 12.8. The highest BCUT2D eigenvalue weighted by Crippen LogP contribution is 2.10. The van der Waals surface area contributed by atoms with Gasteiger partial charge in [-0.25, -0.2) is 0 Å². The van der Waals surface area contributed by atoms with E-state index in [4.69, 9.17) is 10.6 Å². The summed E-state index contributed by atoms with van der Waals surface area (Å²) in [5.74, 6) is 5.43. The third-order valence-corrected chi connectivity index (χ3v) is 2.17. The molecule has 0 saturated heterocycles. The lowest BCUT2D eigenvalue weighted by molar-refractivity contribution is 0.188. The second kappa shape index (κ2) is 8.23. The minimum Gasteiger partial charge on any atom is -0.385 e. The molecule has 0 aliphatic rings. The molecule has 0 heterocycles. The van der Waals surface area contributed by atoms with Crippen LogP contribution >= 0.6 is 0 Å². The highest BCUT2D eigenvalue weighted by atomic mass is 16.5. The van der Waals surface area contributed by atoms with E-state index in [1.165, 1.54) is 5.57 Å². The van der Waals surface area contributed by atoms with Crippen molar-refractivity contribution >= 4 is 0 Å².